The van der Waals surface area contributed by atoms with Gasteiger partial charge in [0.1, 0.15) is 16.5 Å². The molecule has 3 N–H and O–H groups in total. The maximum absolute atomic E-state index is 12.9. The van der Waals surface area contributed by atoms with Crippen LogP contribution >= 0.6 is 11.8 Å². The number of rotatable bonds is 5. The normalized spacial score (nSPS) is 15.1. The predicted octanol–water partition coefficient (Wildman–Crippen LogP) is 2.43. The van der Waals surface area contributed by atoms with E-state index in [1.807, 2.05) is 13.8 Å². The van der Waals surface area contributed by atoms with Crippen molar-refractivity contribution in [1.29, 1.82) is 0 Å². The van der Waals surface area contributed by atoms with Gasteiger partial charge in [-0.3, -0.25) is 9.78 Å². The Hall–Kier alpha value is -3.67. The molecule has 0 radical (unpaired) electrons. The maximum atomic E-state index is 12.9. The molecule has 1 unspecified atom stereocenters. The molecule has 1 aliphatic rings. The van der Waals surface area contributed by atoms with Gasteiger partial charge >= 0.3 is 0 Å². The first-order valence-electron chi connectivity index (χ1n) is 10.3. The van der Waals surface area contributed by atoms with Crippen LogP contribution in [0.15, 0.2) is 21.8 Å². The zero-order chi connectivity index (χ0) is 23.3. The van der Waals surface area contributed by atoms with Gasteiger partial charge in [0, 0.05) is 29.8 Å². The summed E-state index contributed by atoms with van der Waals surface area (Å²) in [6.07, 6.45) is 2.20. The topological polar surface area (TPSA) is 147 Å². The number of methoxy groups -OCH3 is 1. The summed E-state index contributed by atoms with van der Waals surface area (Å²) in [5, 5.41) is 12.4. The Balaban J connectivity index is 1.49. The summed E-state index contributed by atoms with van der Waals surface area (Å²) in [4.78, 5) is 26.3. The Bertz CT molecular complexity index is 1400. The number of anilines is 2. The van der Waals surface area contributed by atoms with Crippen molar-refractivity contribution >= 4 is 40.5 Å². The van der Waals surface area contributed by atoms with Gasteiger partial charge in [0.05, 0.1) is 35.7 Å². The predicted molar refractivity (Wildman–Crippen MR) is 122 cm³/mol. The van der Waals surface area contributed by atoms with Crippen LogP contribution in [-0.4, -0.2) is 48.2 Å². The molecule has 0 bridgehead atoms. The molecule has 4 aromatic rings. The van der Waals surface area contributed by atoms with Gasteiger partial charge in [0.2, 0.25) is 11.9 Å². The maximum Gasteiger partial charge on any atom is 0.239 e. The van der Waals surface area contributed by atoms with E-state index < -0.39 is 5.25 Å². The molecule has 1 amide bonds. The lowest BCUT2D eigenvalue weighted by atomic mass is 10.1. The van der Waals surface area contributed by atoms with Crippen LogP contribution in [0.2, 0.25) is 0 Å². The molecular formula is C21H22N8O3S. The zero-order valence-corrected chi connectivity index (χ0v) is 19.4. The summed E-state index contributed by atoms with van der Waals surface area (Å²) in [5.41, 5.74) is 10.1. The third-order valence-corrected chi connectivity index (χ3v) is 6.69. The van der Waals surface area contributed by atoms with E-state index in [1.54, 1.807) is 31.0 Å². The number of hydrogen-bond acceptors (Lipinski definition) is 10. The molecule has 0 saturated carbocycles. The molecule has 0 aliphatic carbocycles. The highest BCUT2D eigenvalue weighted by Gasteiger charge is 2.32. The number of thioether (sulfide) groups is 1. The number of nitrogens with zero attached hydrogens (tertiary/aromatic N) is 6. The monoisotopic (exact) mass is 466 g/mol. The molecule has 33 heavy (non-hydrogen) atoms. The first kappa shape index (κ1) is 21.2. The molecule has 12 heteroatoms. The Kier molecular flexibility index (Phi) is 5.16. The quantitative estimate of drug-likeness (QED) is 0.420. The highest BCUT2D eigenvalue weighted by atomic mass is 32.2. The summed E-state index contributed by atoms with van der Waals surface area (Å²) in [5.74, 6) is 1.70. The van der Waals surface area contributed by atoms with Crippen molar-refractivity contribution in [3.8, 4) is 5.75 Å². The van der Waals surface area contributed by atoms with Crippen molar-refractivity contribution in [1.82, 2.24) is 29.9 Å². The van der Waals surface area contributed by atoms with Crippen molar-refractivity contribution in [2.75, 3.05) is 18.2 Å². The van der Waals surface area contributed by atoms with E-state index in [0.717, 1.165) is 33.7 Å². The third kappa shape index (κ3) is 3.75. The van der Waals surface area contributed by atoms with Crippen LogP contribution in [0.1, 0.15) is 28.3 Å². The van der Waals surface area contributed by atoms with Gasteiger partial charge in [-0.15, -0.1) is 0 Å². The smallest absolute Gasteiger partial charge is 0.239 e. The highest BCUT2D eigenvalue weighted by molar-refractivity contribution is 8.00. The van der Waals surface area contributed by atoms with Gasteiger partial charge in [0.25, 0.3) is 0 Å². The lowest BCUT2D eigenvalue weighted by molar-refractivity contribution is -0.115. The number of pyridine rings is 1. The second kappa shape index (κ2) is 8.03. The Morgan fingerprint density at radius 2 is 2.18 bits per heavy atom. The second-order valence-electron chi connectivity index (χ2n) is 7.86. The van der Waals surface area contributed by atoms with Crippen LogP contribution in [0.25, 0.3) is 11.0 Å². The summed E-state index contributed by atoms with van der Waals surface area (Å²) >= 11 is 1.34. The zero-order valence-electron chi connectivity index (χ0n) is 18.5. The minimum atomic E-state index is -0.449. The van der Waals surface area contributed by atoms with Gasteiger partial charge in [-0.25, -0.2) is 9.67 Å². The third-order valence-electron chi connectivity index (χ3n) is 5.50. The van der Waals surface area contributed by atoms with Gasteiger partial charge in [-0.05, 0) is 20.8 Å². The van der Waals surface area contributed by atoms with Crippen LogP contribution in [-0.2, 0) is 17.8 Å². The average molecular weight is 467 g/mol. The van der Waals surface area contributed by atoms with E-state index in [2.05, 4.69) is 25.4 Å². The lowest BCUT2D eigenvalue weighted by Gasteiger charge is -2.18. The SMILES string of the molecule is COc1c(C)cnc(Cn2nc3c4c(nc(N)nc42)SC(C(=O)Nc2cc(C)on2)C3)c1C. The van der Waals surface area contributed by atoms with Crippen LogP contribution in [0, 0.1) is 20.8 Å². The van der Waals surface area contributed by atoms with Crippen molar-refractivity contribution in [2.45, 2.75) is 44.0 Å². The summed E-state index contributed by atoms with van der Waals surface area (Å²) in [6.45, 7) is 6.07. The fourth-order valence-corrected chi connectivity index (χ4v) is 5.12. The summed E-state index contributed by atoms with van der Waals surface area (Å²) < 4.78 is 12.3. The average Bonchev–Trinajstić information content (AvgIpc) is 3.33. The number of carbonyl (C=O) groups excluding carboxylic acids is 1. The molecule has 1 atom stereocenters. The molecule has 0 spiro atoms. The van der Waals surface area contributed by atoms with E-state index in [9.17, 15) is 4.79 Å². The molecule has 4 aromatic heterocycles. The van der Waals surface area contributed by atoms with E-state index in [-0.39, 0.29) is 11.9 Å². The minimum absolute atomic E-state index is 0.122. The van der Waals surface area contributed by atoms with Crippen LogP contribution in [0.5, 0.6) is 5.75 Å². The molecule has 0 fully saturated rings. The number of nitrogen functional groups attached to an aromatic ring is 1. The molecule has 11 nitrogen and oxygen atoms in total. The van der Waals surface area contributed by atoms with Gasteiger partial charge in [0.15, 0.2) is 11.5 Å². The molecule has 170 valence electrons. The van der Waals surface area contributed by atoms with Gasteiger partial charge in [-0.2, -0.15) is 10.1 Å². The minimum Gasteiger partial charge on any atom is -0.496 e. The number of nitrogens with one attached hydrogen (secondary N) is 1. The largest absolute Gasteiger partial charge is 0.496 e. The molecule has 5 heterocycles. The molecule has 1 aliphatic heterocycles. The van der Waals surface area contributed by atoms with E-state index >= 15 is 0 Å². The summed E-state index contributed by atoms with van der Waals surface area (Å²) in [6, 6.07) is 1.66. The Morgan fingerprint density at radius 1 is 1.36 bits per heavy atom. The number of aryl methyl sites for hydroxylation is 2. The number of aromatic nitrogens is 6. The lowest BCUT2D eigenvalue weighted by Crippen LogP contribution is -2.29. The summed E-state index contributed by atoms with van der Waals surface area (Å²) in [7, 11) is 1.64. The Morgan fingerprint density at radius 3 is 2.91 bits per heavy atom. The van der Waals surface area contributed by atoms with Crippen LogP contribution in [0.4, 0.5) is 11.8 Å². The van der Waals surface area contributed by atoms with Crippen LogP contribution in [0.3, 0.4) is 0 Å². The Labute approximate surface area is 193 Å². The fraction of sp³-hybridized carbons (Fsp3) is 0.333. The van der Waals surface area contributed by atoms with Crippen LogP contribution < -0.4 is 15.8 Å². The number of nitrogens with two attached hydrogens (primary N) is 1. The number of ether oxygens (including phenoxy) is 1. The number of carbonyl (C=O) groups is 1. The van der Waals surface area contributed by atoms with E-state index in [4.69, 9.17) is 20.1 Å². The van der Waals surface area contributed by atoms with Gasteiger partial charge < -0.3 is 20.3 Å². The molecule has 5 rings (SSSR count). The highest BCUT2D eigenvalue weighted by Crippen LogP contribution is 2.39. The first-order valence-corrected chi connectivity index (χ1v) is 11.1. The van der Waals surface area contributed by atoms with Crippen molar-refractivity contribution < 1.29 is 14.1 Å². The fourth-order valence-electron chi connectivity index (χ4n) is 3.97. The van der Waals surface area contributed by atoms with E-state index in [1.165, 1.54) is 11.8 Å². The number of hydrogen-bond donors (Lipinski definition) is 2. The van der Waals surface area contributed by atoms with Crippen molar-refractivity contribution in [2.24, 2.45) is 0 Å². The first-order chi connectivity index (χ1) is 15.8. The second-order valence-corrected chi connectivity index (χ2v) is 9.05. The van der Waals surface area contributed by atoms with Crippen molar-refractivity contribution in [3.05, 3.63) is 40.5 Å². The number of amides is 1. The van der Waals surface area contributed by atoms with Gasteiger partial charge in [-0.1, -0.05) is 16.9 Å². The molecule has 0 saturated heterocycles. The molecule has 0 aromatic carbocycles. The van der Waals surface area contributed by atoms with Crippen molar-refractivity contribution in [3.63, 3.8) is 0 Å². The van der Waals surface area contributed by atoms with E-state index in [0.29, 0.717) is 35.2 Å². The molecular weight excluding hydrogens is 444 g/mol. The standard InChI is InChI=1S/C21H22N8O3S/c1-9-7-23-13(11(3)17(9)31-4)8-29-18-16-12(27-29)6-14(33-20(16)26-21(22)25-18)19(30)24-15-5-10(2)32-28-15/h5,7,14H,6,8H2,1-4H3,(H2,22,25,26)(H,24,28,30).